The molecule has 8 bridgehead atoms. The van der Waals surface area contributed by atoms with Crippen LogP contribution < -0.4 is 16.0 Å². The van der Waals surface area contributed by atoms with Gasteiger partial charge in [-0.05, 0) is 111 Å². The number of fused-ring (bicyclic) bond motifs is 7. The van der Waals surface area contributed by atoms with Gasteiger partial charge >= 0.3 is 11.9 Å². The summed E-state index contributed by atoms with van der Waals surface area (Å²) in [6, 6.07) is 0. The van der Waals surface area contributed by atoms with Crippen LogP contribution in [0.5, 0.6) is 0 Å². The Morgan fingerprint density at radius 2 is 1.57 bits per heavy atom. The van der Waals surface area contributed by atoms with Gasteiger partial charge in [0.15, 0.2) is 12.1 Å². The first kappa shape index (κ1) is 44.4. The number of rotatable bonds is 17. The fraction of sp³-hybridized carbons (Fsp3) is 0.520. The van der Waals surface area contributed by atoms with E-state index in [-0.39, 0.29) is 36.6 Å². The van der Waals surface area contributed by atoms with Gasteiger partial charge in [0.05, 0.1) is 18.2 Å². The van der Waals surface area contributed by atoms with E-state index in [0.29, 0.717) is 51.8 Å². The molecule has 2 aliphatic heterocycles. The van der Waals surface area contributed by atoms with E-state index in [1.165, 1.54) is 38.4 Å². The number of hydrogen-bond acceptors (Lipinski definition) is 7. The number of ketones is 1. The maximum atomic E-state index is 14.4. The molecule has 3 aromatic rings. The lowest BCUT2D eigenvalue weighted by Crippen LogP contribution is -2.25. The van der Waals surface area contributed by atoms with Crippen LogP contribution in [0.15, 0.2) is 23.0 Å². The van der Waals surface area contributed by atoms with Gasteiger partial charge in [-0.15, -0.1) is 0 Å². The van der Waals surface area contributed by atoms with Crippen LogP contribution in [0.3, 0.4) is 0 Å². The fourth-order valence-electron chi connectivity index (χ4n) is 9.64. The van der Waals surface area contributed by atoms with Crippen LogP contribution in [0.25, 0.3) is 23.8 Å². The van der Waals surface area contributed by atoms with Gasteiger partial charge < -0.3 is 29.7 Å². The van der Waals surface area contributed by atoms with Gasteiger partial charge in [0.2, 0.25) is 0 Å². The Bertz CT molecular complexity index is 2360. The fourth-order valence-corrected chi connectivity index (χ4v) is 9.64. The molecule has 0 radical (unpaired) electrons. The topological polar surface area (TPSA) is 146 Å². The third-order valence-electron chi connectivity index (χ3n) is 13.3. The Labute approximate surface area is 355 Å². The lowest BCUT2D eigenvalue weighted by atomic mass is 9.85. The maximum Gasteiger partial charge on any atom is 0.321 e. The van der Waals surface area contributed by atoms with Gasteiger partial charge in [-0.3, -0.25) is 19.2 Å². The molecule has 6 rings (SSSR count). The molecular formula is C50H66N4O6. The van der Waals surface area contributed by atoms with Crippen molar-refractivity contribution in [3.05, 3.63) is 89.9 Å². The summed E-state index contributed by atoms with van der Waals surface area (Å²) in [5.74, 6) is -1.30. The average Bonchev–Trinajstić information content (AvgIpc) is 3.96. The van der Waals surface area contributed by atoms with Gasteiger partial charge in [0.25, 0.3) is 0 Å². The monoisotopic (exact) mass is 818 g/mol. The molecule has 3 aliphatic rings. The molecule has 60 heavy (non-hydrogen) atoms. The molecule has 0 saturated carbocycles. The van der Waals surface area contributed by atoms with Crippen LogP contribution in [0.1, 0.15) is 166 Å². The van der Waals surface area contributed by atoms with Crippen molar-refractivity contribution in [1.82, 2.24) is 20.3 Å². The van der Waals surface area contributed by atoms with Crippen molar-refractivity contribution in [2.75, 3.05) is 13.7 Å². The summed E-state index contributed by atoms with van der Waals surface area (Å²) in [5.41, 5.74) is 11.4. The van der Waals surface area contributed by atoms with Crippen LogP contribution in [0.4, 0.5) is 0 Å². The van der Waals surface area contributed by atoms with Crippen molar-refractivity contribution >= 4 is 47.8 Å². The van der Waals surface area contributed by atoms with Crippen LogP contribution in [0.2, 0.25) is 0 Å². The Hall–Kier alpha value is -5.12. The van der Waals surface area contributed by atoms with E-state index in [2.05, 4.69) is 74.8 Å². The number of nitrogens with one attached hydrogen (secondary N) is 4. The number of H-pyrrole nitrogens is 3. The van der Waals surface area contributed by atoms with Crippen molar-refractivity contribution in [1.29, 1.82) is 0 Å². The summed E-state index contributed by atoms with van der Waals surface area (Å²) < 4.78 is 11.0. The minimum Gasteiger partial charge on any atom is -0.468 e. The number of carbonyl (C=O) groups is 4. The van der Waals surface area contributed by atoms with Crippen molar-refractivity contribution in [3.63, 3.8) is 0 Å². The van der Waals surface area contributed by atoms with Crippen molar-refractivity contribution in [2.45, 2.75) is 127 Å². The Morgan fingerprint density at radius 1 is 0.867 bits per heavy atom. The molecule has 1 aliphatic carbocycles. The summed E-state index contributed by atoms with van der Waals surface area (Å²) in [6.45, 7) is 19.5. The van der Waals surface area contributed by atoms with Gasteiger partial charge in [-0.2, -0.15) is 0 Å². The zero-order valence-corrected chi connectivity index (χ0v) is 37.5. The Balaban J connectivity index is 1.35. The smallest absolute Gasteiger partial charge is 0.321 e. The number of esters is 2. The quantitative estimate of drug-likeness (QED) is 0.0462. The number of Topliss-reactive ketones (excluding diaryl/α,β-unsaturated/α-hetero) is 1. The molecule has 1 saturated heterocycles. The van der Waals surface area contributed by atoms with E-state index < -0.39 is 11.9 Å². The number of aldehydes is 1. The maximum absolute atomic E-state index is 14.4. The highest BCUT2D eigenvalue weighted by molar-refractivity contribution is 6.24. The second kappa shape index (κ2) is 19.1. The minimum absolute atomic E-state index is 0.107. The normalized spacial score (nSPS) is 22.1. The number of allylic oxidation sites excluding steroid dienone is 3. The minimum atomic E-state index is -1.17. The first-order chi connectivity index (χ1) is 28.7. The van der Waals surface area contributed by atoms with Crippen LogP contribution in [0, 0.1) is 43.4 Å². The molecule has 322 valence electrons. The van der Waals surface area contributed by atoms with Crippen LogP contribution >= 0.6 is 0 Å². The zero-order valence-electron chi connectivity index (χ0n) is 37.5. The second-order valence-electron chi connectivity index (χ2n) is 17.8. The average molecular weight is 819 g/mol. The van der Waals surface area contributed by atoms with Crippen molar-refractivity contribution in [2.24, 2.45) is 29.6 Å². The van der Waals surface area contributed by atoms with E-state index in [9.17, 15) is 19.2 Å². The number of ether oxygens (including phenoxy) is 2. The van der Waals surface area contributed by atoms with Crippen LogP contribution in [-0.4, -0.2) is 52.7 Å². The summed E-state index contributed by atoms with van der Waals surface area (Å²) in [4.78, 5) is 64.6. The summed E-state index contributed by atoms with van der Waals surface area (Å²) in [5, 5.41) is 5.17. The molecule has 0 aromatic carbocycles. The molecule has 0 unspecified atom stereocenters. The lowest BCUT2D eigenvalue weighted by Gasteiger charge is -2.19. The van der Waals surface area contributed by atoms with Gasteiger partial charge in [0, 0.05) is 68.8 Å². The summed E-state index contributed by atoms with van der Waals surface area (Å²) in [7, 11) is 1.30. The third kappa shape index (κ3) is 8.98. The molecule has 0 spiro atoms. The van der Waals surface area contributed by atoms with Gasteiger partial charge in [0.1, 0.15) is 12.5 Å². The first-order valence-electron chi connectivity index (χ1n) is 22.2. The third-order valence-corrected chi connectivity index (χ3v) is 13.3. The Morgan fingerprint density at radius 3 is 2.25 bits per heavy atom. The van der Waals surface area contributed by atoms with Crippen molar-refractivity contribution in [3.8, 4) is 0 Å². The predicted molar refractivity (Wildman–Crippen MR) is 239 cm³/mol. The highest BCUT2D eigenvalue weighted by atomic mass is 16.5. The first-order valence-corrected chi connectivity index (χ1v) is 22.2. The number of hydrogen-bond donors (Lipinski definition) is 4. The number of carbonyl (C=O) groups excluding carboxylic acids is 4. The van der Waals surface area contributed by atoms with Crippen molar-refractivity contribution < 1.29 is 28.7 Å². The number of methoxy groups -OCH3 is 1. The highest BCUT2D eigenvalue weighted by Crippen LogP contribution is 2.48. The van der Waals surface area contributed by atoms with E-state index >= 15 is 0 Å². The van der Waals surface area contributed by atoms with Crippen LogP contribution in [-0.2, 0) is 31.9 Å². The van der Waals surface area contributed by atoms with E-state index in [1.54, 1.807) is 0 Å². The molecule has 10 heteroatoms. The van der Waals surface area contributed by atoms with Gasteiger partial charge in [-0.25, -0.2) is 0 Å². The standard InChI is InChI=1S/C50H66N4O6/c1-11-33-30(7)37-23-38-31(8)35(19-20-43(56)60-22-21-29(6)18-14-17-28(5)16-13-15-27(3)4)47(53-38)45-46(50(58)59-10)49(57)44-32(9)39(54-48(44)45)24-41-34(12-2)36(26-55)42(52-41)25-40(33)51-37/h21,23-28,31,35,46,51-54H,11-20,22H2,1-10H3/b29-21+,38-23-,41-24-,42-25-,47-45-/t28-,31-,35-,46+/m0/s1. The molecule has 4 N–H and O–H groups in total. The van der Waals surface area contributed by atoms with Gasteiger partial charge in [-0.1, -0.05) is 72.8 Å². The van der Waals surface area contributed by atoms with E-state index in [0.717, 1.165) is 82.2 Å². The summed E-state index contributed by atoms with van der Waals surface area (Å²) in [6.07, 6.45) is 18.2. The molecule has 5 heterocycles. The zero-order chi connectivity index (χ0) is 43.4. The lowest BCUT2D eigenvalue weighted by molar-refractivity contribution is -0.143. The van der Waals surface area contributed by atoms with E-state index in [1.807, 2.05) is 32.1 Å². The van der Waals surface area contributed by atoms with E-state index in [4.69, 9.17) is 9.47 Å². The molecule has 1 fully saturated rings. The molecule has 4 atom stereocenters. The molecule has 0 amide bonds. The SMILES string of the molecule is CCc1c2[nH]c(c1C)/C=C1\N/C(=C3\c4[nH]c(c(C)c4C(=O)[C@@H]3C(=O)OC)/C=c3\[nH]/c(c(C=O)c3CC)=C\2)[C@@H](CCC(=O)OC/C=C(\C)CCC[C@@H](C)CCCC(C)C)[C@@H]1C. The largest absolute Gasteiger partial charge is 0.468 e. The summed E-state index contributed by atoms with van der Waals surface area (Å²) >= 11 is 0. The molecule has 10 nitrogen and oxygen atoms in total. The number of aromatic amines is 3. The molecule has 3 aromatic heterocycles. The molecular weight excluding hydrogens is 753 g/mol. The second-order valence-corrected chi connectivity index (χ2v) is 17.8. The predicted octanol–water partition coefficient (Wildman–Crippen LogP) is 8.69. The number of aromatic nitrogens is 3. The Kier molecular flexibility index (Phi) is 14.1. The highest BCUT2D eigenvalue weighted by Gasteiger charge is 2.48.